The molecule has 2 nitrogen and oxygen atoms in total. The maximum absolute atomic E-state index is 6.00. The first-order chi connectivity index (χ1) is 8.85. The van der Waals surface area contributed by atoms with Gasteiger partial charge in [0.15, 0.2) is 0 Å². The lowest BCUT2D eigenvalue weighted by atomic mass is 10.1. The fourth-order valence-electron chi connectivity index (χ4n) is 3.11. The van der Waals surface area contributed by atoms with E-state index in [9.17, 15) is 0 Å². The number of benzene rings is 1. The molecule has 3 rings (SSSR count). The van der Waals surface area contributed by atoms with Crippen LogP contribution in [0, 0.1) is 5.92 Å². The van der Waals surface area contributed by atoms with E-state index in [2.05, 4.69) is 23.1 Å². The Balaban J connectivity index is 1.51. The molecule has 3 heteroatoms. The molecule has 2 unspecified atom stereocenters. The molecule has 2 aliphatic rings. The lowest BCUT2D eigenvalue weighted by Crippen LogP contribution is -2.33. The van der Waals surface area contributed by atoms with Crippen LogP contribution in [0.15, 0.2) is 24.3 Å². The molecule has 1 fully saturated rings. The summed E-state index contributed by atoms with van der Waals surface area (Å²) in [7, 11) is 0. The van der Waals surface area contributed by atoms with Crippen molar-refractivity contribution in [3.8, 4) is 5.75 Å². The van der Waals surface area contributed by atoms with E-state index in [0.717, 1.165) is 36.9 Å². The van der Waals surface area contributed by atoms with E-state index >= 15 is 0 Å². The number of hydrogen-bond donors (Lipinski definition) is 0. The van der Waals surface area contributed by atoms with Gasteiger partial charge in [0, 0.05) is 25.4 Å². The van der Waals surface area contributed by atoms with Crippen LogP contribution in [0.1, 0.15) is 18.4 Å². The van der Waals surface area contributed by atoms with Crippen molar-refractivity contribution < 1.29 is 4.74 Å². The Morgan fingerprint density at radius 2 is 2.22 bits per heavy atom. The third-order valence-corrected chi connectivity index (χ3v) is 4.28. The van der Waals surface area contributed by atoms with Gasteiger partial charge in [-0.05, 0) is 36.9 Å². The summed E-state index contributed by atoms with van der Waals surface area (Å²) < 4.78 is 6.00. The number of hydrogen-bond acceptors (Lipinski definition) is 2. The van der Waals surface area contributed by atoms with Gasteiger partial charge in [0.05, 0.1) is 0 Å². The lowest BCUT2D eigenvalue weighted by molar-refractivity contribution is 0.165. The van der Waals surface area contributed by atoms with Crippen molar-refractivity contribution in [2.24, 2.45) is 5.92 Å². The predicted octanol–water partition coefficient (Wildman–Crippen LogP) is 2.94. The van der Waals surface area contributed by atoms with E-state index < -0.39 is 0 Å². The average Bonchev–Trinajstić information content (AvgIpc) is 2.96. The van der Waals surface area contributed by atoms with Crippen molar-refractivity contribution in [1.82, 2.24) is 4.90 Å². The lowest BCUT2D eigenvalue weighted by Gasteiger charge is -2.20. The number of ether oxygens (including phenoxy) is 1. The van der Waals surface area contributed by atoms with Crippen molar-refractivity contribution in [1.29, 1.82) is 0 Å². The minimum atomic E-state index is 0.345. The highest BCUT2D eigenvalue weighted by atomic mass is 35.5. The van der Waals surface area contributed by atoms with Gasteiger partial charge in [-0.3, -0.25) is 4.90 Å². The van der Waals surface area contributed by atoms with Crippen LogP contribution in [0.3, 0.4) is 0 Å². The van der Waals surface area contributed by atoms with Crippen LogP contribution in [0.4, 0.5) is 0 Å². The monoisotopic (exact) mass is 265 g/mol. The van der Waals surface area contributed by atoms with E-state index in [0.29, 0.717) is 6.10 Å². The summed E-state index contributed by atoms with van der Waals surface area (Å²) in [6.07, 6.45) is 3.86. The molecule has 0 aliphatic carbocycles. The van der Waals surface area contributed by atoms with Crippen LogP contribution >= 0.6 is 11.6 Å². The van der Waals surface area contributed by atoms with Crippen molar-refractivity contribution >= 4 is 11.6 Å². The van der Waals surface area contributed by atoms with Gasteiger partial charge in [0.1, 0.15) is 11.9 Å². The number of halogens is 1. The molecule has 1 aromatic carbocycles. The highest BCUT2D eigenvalue weighted by Crippen LogP contribution is 2.29. The van der Waals surface area contributed by atoms with Gasteiger partial charge < -0.3 is 4.74 Å². The fraction of sp³-hybridized carbons (Fsp3) is 0.600. The van der Waals surface area contributed by atoms with Gasteiger partial charge in [-0.1, -0.05) is 18.2 Å². The molecule has 0 saturated carbocycles. The molecule has 98 valence electrons. The van der Waals surface area contributed by atoms with Gasteiger partial charge in [-0.15, -0.1) is 11.6 Å². The van der Waals surface area contributed by atoms with Crippen LogP contribution in [-0.2, 0) is 6.42 Å². The van der Waals surface area contributed by atoms with Gasteiger partial charge in [0.25, 0.3) is 0 Å². The quantitative estimate of drug-likeness (QED) is 0.776. The summed E-state index contributed by atoms with van der Waals surface area (Å²) in [6.45, 7) is 3.47. The van der Waals surface area contributed by atoms with Gasteiger partial charge in [-0.25, -0.2) is 0 Å². The van der Waals surface area contributed by atoms with E-state index in [1.165, 1.54) is 25.1 Å². The molecule has 2 heterocycles. The zero-order valence-corrected chi connectivity index (χ0v) is 11.4. The van der Waals surface area contributed by atoms with E-state index in [1.807, 2.05) is 6.07 Å². The minimum Gasteiger partial charge on any atom is -0.488 e. The number of para-hydroxylation sites is 1. The number of nitrogens with zero attached hydrogens (tertiary/aromatic N) is 1. The molecule has 0 radical (unpaired) electrons. The molecule has 0 amide bonds. The largest absolute Gasteiger partial charge is 0.488 e. The Hall–Kier alpha value is -0.730. The Labute approximate surface area is 114 Å². The maximum atomic E-state index is 6.00. The SMILES string of the molecule is ClCCC1CCN(CC2Cc3ccccc3O2)C1. The van der Waals surface area contributed by atoms with Crippen LogP contribution in [0.2, 0.25) is 0 Å². The second kappa shape index (κ2) is 5.50. The third kappa shape index (κ3) is 2.65. The smallest absolute Gasteiger partial charge is 0.123 e. The summed E-state index contributed by atoms with van der Waals surface area (Å²) in [6, 6.07) is 8.40. The summed E-state index contributed by atoms with van der Waals surface area (Å²) in [5.41, 5.74) is 1.36. The highest BCUT2D eigenvalue weighted by molar-refractivity contribution is 6.17. The number of rotatable bonds is 4. The molecule has 0 spiro atoms. The predicted molar refractivity (Wildman–Crippen MR) is 74.4 cm³/mol. The van der Waals surface area contributed by atoms with E-state index in [1.54, 1.807) is 0 Å². The molecule has 2 atom stereocenters. The third-order valence-electron chi connectivity index (χ3n) is 4.06. The van der Waals surface area contributed by atoms with Crippen molar-refractivity contribution in [3.05, 3.63) is 29.8 Å². The topological polar surface area (TPSA) is 12.5 Å². The van der Waals surface area contributed by atoms with Crippen molar-refractivity contribution in [2.45, 2.75) is 25.4 Å². The molecule has 1 saturated heterocycles. The summed E-state index contributed by atoms with van der Waals surface area (Å²) >= 11 is 5.82. The maximum Gasteiger partial charge on any atom is 0.123 e. The first-order valence-corrected chi connectivity index (χ1v) is 7.41. The Morgan fingerprint density at radius 1 is 1.33 bits per heavy atom. The molecule has 0 bridgehead atoms. The average molecular weight is 266 g/mol. The Morgan fingerprint density at radius 3 is 3.06 bits per heavy atom. The van der Waals surface area contributed by atoms with Gasteiger partial charge in [0.2, 0.25) is 0 Å². The molecular weight excluding hydrogens is 246 g/mol. The Bertz CT molecular complexity index is 384. The summed E-state index contributed by atoms with van der Waals surface area (Å²) in [5, 5.41) is 0. The standard InChI is InChI=1S/C15H20ClNO/c16-7-5-12-6-8-17(10-12)11-14-9-13-3-1-2-4-15(13)18-14/h1-4,12,14H,5-11H2. The number of fused-ring (bicyclic) bond motifs is 1. The molecule has 0 N–H and O–H groups in total. The van der Waals surface area contributed by atoms with Crippen LogP contribution < -0.4 is 4.74 Å². The first kappa shape index (κ1) is 12.3. The van der Waals surface area contributed by atoms with Crippen LogP contribution in [0.25, 0.3) is 0 Å². The van der Waals surface area contributed by atoms with Crippen LogP contribution in [-0.4, -0.2) is 36.5 Å². The first-order valence-electron chi connectivity index (χ1n) is 6.88. The second-order valence-electron chi connectivity index (χ2n) is 5.44. The minimum absolute atomic E-state index is 0.345. The molecular formula is C15H20ClNO. The number of alkyl halides is 1. The fourth-order valence-corrected chi connectivity index (χ4v) is 3.42. The van der Waals surface area contributed by atoms with Crippen molar-refractivity contribution in [3.63, 3.8) is 0 Å². The van der Waals surface area contributed by atoms with Crippen molar-refractivity contribution in [2.75, 3.05) is 25.5 Å². The molecule has 2 aliphatic heterocycles. The normalized spacial score (nSPS) is 27.2. The van der Waals surface area contributed by atoms with E-state index in [-0.39, 0.29) is 0 Å². The Kier molecular flexibility index (Phi) is 3.76. The van der Waals surface area contributed by atoms with E-state index in [4.69, 9.17) is 16.3 Å². The summed E-state index contributed by atoms with van der Waals surface area (Å²) in [5.74, 6) is 2.68. The molecule has 1 aromatic rings. The zero-order chi connectivity index (χ0) is 12.4. The highest BCUT2D eigenvalue weighted by Gasteiger charge is 2.28. The van der Waals surface area contributed by atoms with Crippen LogP contribution in [0.5, 0.6) is 5.75 Å². The molecule has 18 heavy (non-hydrogen) atoms. The zero-order valence-electron chi connectivity index (χ0n) is 10.6. The van der Waals surface area contributed by atoms with Gasteiger partial charge in [-0.2, -0.15) is 0 Å². The molecule has 0 aromatic heterocycles. The number of likely N-dealkylation sites (tertiary alicyclic amines) is 1. The van der Waals surface area contributed by atoms with Gasteiger partial charge >= 0.3 is 0 Å². The second-order valence-corrected chi connectivity index (χ2v) is 5.82. The summed E-state index contributed by atoms with van der Waals surface area (Å²) in [4.78, 5) is 2.54.